The molecule has 1 aliphatic carbocycles. The molecule has 2 aromatic rings. The summed E-state index contributed by atoms with van der Waals surface area (Å²) in [5, 5.41) is 2.90. The van der Waals surface area contributed by atoms with Crippen LogP contribution in [-0.2, 0) is 4.79 Å². The number of rotatable bonds is 4. The Morgan fingerprint density at radius 2 is 2.05 bits per heavy atom. The molecule has 3 nitrogen and oxygen atoms in total. The second-order valence-corrected chi connectivity index (χ2v) is 5.66. The Balaban J connectivity index is 1.72. The predicted octanol–water partition coefficient (Wildman–Crippen LogP) is 3.88. The molecule has 0 radical (unpaired) electrons. The summed E-state index contributed by atoms with van der Waals surface area (Å²) >= 11 is 0. The molecule has 4 heteroatoms. The maximum Gasteiger partial charge on any atom is 0.228 e. The Hall–Kier alpha value is -2.36. The standard InChI is InChI=1S/C18H18FNO2/c1-11-7-8-17(22-2)16(9-11)20-18(21)14-10-13(14)12-5-3-4-6-15(12)19/h3-9,13-14H,10H2,1-2H3,(H,20,21)/t13-,14-/m1/s1. The van der Waals surface area contributed by atoms with E-state index in [0.717, 1.165) is 5.56 Å². The molecule has 114 valence electrons. The van der Waals surface area contributed by atoms with Gasteiger partial charge in [-0.1, -0.05) is 24.3 Å². The van der Waals surface area contributed by atoms with Crippen LogP contribution in [0.1, 0.15) is 23.5 Å². The van der Waals surface area contributed by atoms with Crippen molar-refractivity contribution in [2.24, 2.45) is 5.92 Å². The van der Waals surface area contributed by atoms with Gasteiger partial charge >= 0.3 is 0 Å². The van der Waals surface area contributed by atoms with E-state index >= 15 is 0 Å². The molecule has 0 bridgehead atoms. The van der Waals surface area contributed by atoms with E-state index in [4.69, 9.17) is 4.74 Å². The lowest BCUT2D eigenvalue weighted by Crippen LogP contribution is -2.15. The van der Waals surface area contributed by atoms with Crippen molar-refractivity contribution < 1.29 is 13.9 Å². The molecule has 1 saturated carbocycles. The number of benzene rings is 2. The highest BCUT2D eigenvalue weighted by Crippen LogP contribution is 2.49. The van der Waals surface area contributed by atoms with E-state index in [1.54, 1.807) is 25.3 Å². The average Bonchev–Trinajstić information content (AvgIpc) is 3.28. The van der Waals surface area contributed by atoms with Gasteiger partial charge in [0, 0.05) is 5.92 Å². The second kappa shape index (κ2) is 5.79. The van der Waals surface area contributed by atoms with Crippen molar-refractivity contribution in [2.45, 2.75) is 19.3 Å². The minimum atomic E-state index is -0.240. The molecular weight excluding hydrogens is 281 g/mol. The van der Waals surface area contributed by atoms with Crippen LogP contribution in [0.5, 0.6) is 5.75 Å². The molecule has 2 aromatic carbocycles. The monoisotopic (exact) mass is 299 g/mol. The second-order valence-electron chi connectivity index (χ2n) is 5.66. The maximum absolute atomic E-state index is 13.8. The van der Waals surface area contributed by atoms with Gasteiger partial charge in [0.05, 0.1) is 12.8 Å². The van der Waals surface area contributed by atoms with E-state index in [-0.39, 0.29) is 23.6 Å². The first-order chi connectivity index (χ1) is 10.6. The van der Waals surface area contributed by atoms with Crippen LogP contribution in [0.3, 0.4) is 0 Å². The smallest absolute Gasteiger partial charge is 0.228 e. The number of aryl methyl sites for hydroxylation is 1. The van der Waals surface area contributed by atoms with Gasteiger partial charge in [0.15, 0.2) is 0 Å². The third-order valence-corrected chi connectivity index (χ3v) is 4.04. The third kappa shape index (κ3) is 2.82. The number of carbonyl (C=O) groups is 1. The molecule has 0 heterocycles. The van der Waals surface area contributed by atoms with Crippen molar-refractivity contribution in [3.8, 4) is 5.75 Å². The Morgan fingerprint density at radius 1 is 1.27 bits per heavy atom. The SMILES string of the molecule is COc1ccc(C)cc1NC(=O)[C@@H]1C[C@@H]1c1ccccc1F. The number of amides is 1. The Morgan fingerprint density at radius 3 is 2.77 bits per heavy atom. The quantitative estimate of drug-likeness (QED) is 0.930. The molecule has 0 saturated heterocycles. The van der Waals surface area contributed by atoms with Crippen LogP contribution >= 0.6 is 0 Å². The lowest BCUT2D eigenvalue weighted by Gasteiger charge is -2.11. The van der Waals surface area contributed by atoms with Gasteiger partial charge in [-0.3, -0.25) is 4.79 Å². The number of methoxy groups -OCH3 is 1. The highest BCUT2D eigenvalue weighted by atomic mass is 19.1. The number of carbonyl (C=O) groups excluding carboxylic acids is 1. The fourth-order valence-electron chi connectivity index (χ4n) is 2.75. The van der Waals surface area contributed by atoms with Crippen LogP contribution in [0.25, 0.3) is 0 Å². The minimum absolute atomic E-state index is 0.0306. The van der Waals surface area contributed by atoms with Crippen molar-refractivity contribution in [1.29, 1.82) is 0 Å². The summed E-state index contributed by atoms with van der Waals surface area (Å²) in [6.45, 7) is 1.95. The topological polar surface area (TPSA) is 38.3 Å². The maximum atomic E-state index is 13.8. The number of hydrogen-bond donors (Lipinski definition) is 1. The van der Waals surface area contributed by atoms with Crippen molar-refractivity contribution in [3.05, 3.63) is 59.4 Å². The van der Waals surface area contributed by atoms with Crippen molar-refractivity contribution >= 4 is 11.6 Å². The number of anilines is 1. The largest absolute Gasteiger partial charge is 0.495 e. The highest BCUT2D eigenvalue weighted by molar-refractivity contribution is 5.96. The lowest BCUT2D eigenvalue weighted by atomic mass is 10.1. The van der Waals surface area contributed by atoms with E-state index in [9.17, 15) is 9.18 Å². The fourth-order valence-corrected chi connectivity index (χ4v) is 2.75. The van der Waals surface area contributed by atoms with E-state index in [0.29, 0.717) is 23.4 Å². The van der Waals surface area contributed by atoms with Gasteiger partial charge in [-0.2, -0.15) is 0 Å². The molecule has 1 N–H and O–H groups in total. The van der Waals surface area contributed by atoms with Crippen molar-refractivity contribution in [3.63, 3.8) is 0 Å². The molecule has 0 unspecified atom stereocenters. The third-order valence-electron chi connectivity index (χ3n) is 4.04. The molecule has 22 heavy (non-hydrogen) atoms. The first kappa shape index (κ1) is 14.6. The van der Waals surface area contributed by atoms with Crippen molar-refractivity contribution in [1.82, 2.24) is 0 Å². The Bertz CT molecular complexity index is 714. The van der Waals surface area contributed by atoms with E-state index in [1.807, 2.05) is 25.1 Å². The first-order valence-electron chi connectivity index (χ1n) is 7.30. The van der Waals surface area contributed by atoms with Crippen LogP contribution in [-0.4, -0.2) is 13.0 Å². The Kier molecular flexibility index (Phi) is 3.84. The van der Waals surface area contributed by atoms with Gasteiger partial charge < -0.3 is 10.1 Å². The van der Waals surface area contributed by atoms with Crippen LogP contribution in [0.15, 0.2) is 42.5 Å². The van der Waals surface area contributed by atoms with E-state index in [1.165, 1.54) is 6.07 Å². The number of ether oxygens (including phenoxy) is 1. The van der Waals surface area contributed by atoms with Gasteiger partial charge in [0.2, 0.25) is 5.91 Å². The van der Waals surface area contributed by atoms with Gasteiger partial charge in [-0.25, -0.2) is 4.39 Å². The molecule has 1 aliphatic rings. The molecule has 1 fully saturated rings. The van der Waals surface area contributed by atoms with Gasteiger partial charge in [-0.05, 0) is 48.6 Å². The van der Waals surface area contributed by atoms with Gasteiger partial charge in [0.25, 0.3) is 0 Å². The van der Waals surface area contributed by atoms with Gasteiger partial charge in [-0.15, -0.1) is 0 Å². The molecular formula is C18H18FNO2. The molecule has 0 aromatic heterocycles. The molecule has 2 atom stereocenters. The zero-order chi connectivity index (χ0) is 15.7. The molecule has 0 spiro atoms. The summed E-state index contributed by atoms with van der Waals surface area (Å²) in [4.78, 5) is 12.4. The fraction of sp³-hybridized carbons (Fsp3) is 0.278. The number of nitrogens with one attached hydrogen (secondary N) is 1. The lowest BCUT2D eigenvalue weighted by molar-refractivity contribution is -0.117. The van der Waals surface area contributed by atoms with Crippen molar-refractivity contribution in [2.75, 3.05) is 12.4 Å². The predicted molar refractivity (Wildman–Crippen MR) is 83.6 cm³/mol. The zero-order valence-corrected chi connectivity index (χ0v) is 12.6. The zero-order valence-electron chi connectivity index (χ0n) is 12.6. The summed E-state index contributed by atoms with van der Waals surface area (Å²) in [5.74, 6) is 0.0919. The van der Waals surface area contributed by atoms with Gasteiger partial charge in [0.1, 0.15) is 11.6 Å². The minimum Gasteiger partial charge on any atom is -0.495 e. The van der Waals surface area contributed by atoms with Crippen LogP contribution in [0, 0.1) is 18.7 Å². The number of halogens is 1. The van der Waals surface area contributed by atoms with Crippen LogP contribution < -0.4 is 10.1 Å². The molecule has 0 aliphatic heterocycles. The summed E-state index contributed by atoms with van der Waals surface area (Å²) < 4.78 is 19.0. The molecule has 3 rings (SSSR count). The number of hydrogen-bond acceptors (Lipinski definition) is 2. The summed E-state index contributed by atoms with van der Waals surface area (Å²) in [7, 11) is 1.57. The Labute approximate surface area is 129 Å². The van der Waals surface area contributed by atoms with Crippen LogP contribution in [0.2, 0.25) is 0 Å². The summed E-state index contributed by atoms with van der Waals surface area (Å²) in [6.07, 6.45) is 0.681. The normalized spacial score (nSPS) is 19.6. The average molecular weight is 299 g/mol. The van der Waals surface area contributed by atoms with E-state index < -0.39 is 0 Å². The summed E-state index contributed by atoms with van der Waals surface area (Å²) in [5.41, 5.74) is 2.32. The summed E-state index contributed by atoms with van der Waals surface area (Å²) in [6, 6.07) is 12.3. The highest BCUT2D eigenvalue weighted by Gasteiger charge is 2.45. The van der Waals surface area contributed by atoms with Crippen LogP contribution in [0.4, 0.5) is 10.1 Å². The molecule has 1 amide bonds. The van der Waals surface area contributed by atoms with E-state index in [2.05, 4.69) is 5.32 Å². The first-order valence-corrected chi connectivity index (χ1v) is 7.30.